The van der Waals surface area contributed by atoms with Crippen molar-refractivity contribution < 1.29 is 14.6 Å². The van der Waals surface area contributed by atoms with E-state index in [9.17, 15) is 4.79 Å². The Morgan fingerprint density at radius 1 is 1.59 bits per heavy atom. The molecule has 0 aromatic heterocycles. The van der Waals surface area contributed by atoms with Crippen molar-refractivity contribution in [3.05, 3.63) is 28.2 Å². The summed E-state index contributed by atoms with van der Waals surface area (Å²) in [5.41, 5.74) is 0.359. The second kappa shape index (κ2) is 5.42. The highest BCUT2D eigenvalue weighted by Gasteiger charge is 2.26. The molecule has 0 bridgehead atoms. The number of rotatable bonds is 3. The van der Waals surface area contributed by atoms with Crippen molar-refractivity contribution in [2.24, 2.45) is 0 Å². The summed E-state index contributed by atoms with van der Waals surface area (Å²) in [5, 5.41) is 9.47. The van der Waals surface area contributed by atoms with Crippen molar-refractivity contribution in [1.82, 2.24) is 0 Å². The molecule has 1 aromatic rings. The van der Waals surface area contributed by atoms with E-state index in [-0.39, 0.29) is 6.10 Å². The van der Waals surface area contributed by atoms with Crippen LogP contribution in [0.25, 0.3) is 0 Å². The van der Waals surface area contributed by atoms with E-state index in [1.54, 1.807) is 23.9 Å². The number of ether oxygens (including phenoxy) is 1. The second-order valence-electron chi connectivity index (χ2n) is 3.97. The van der Waals surface area contributed by atoms with Crippen LogP contribution in [0, 0.1) is 0 Å². The smallest absolute Gasteiger partial charge is 0.336 e. The van der Waals surface area contributed by atoms with Gasteiger partial charge >= 0.3 is 5.97 Å². The van der Waals surface area contributed by atoms with E-state index in [0.29, 0.717) is 10.8 Å². The number of benzene rings is 1. The monoisotopic (exact) mass is 316 g/mol. The molecule has 1 aromatic carbocycles. The summed E-state index contributed by atoms with van der Waals surface area (Å²) >= 11 is 4.97. The van der Waals surface area contributed by atoms with Gasteiger partial charge in [-0.15, -0.1) is 11.8 Å². The summed E-state index contributed by atoms with van der Waals surface area (Å²) in [6.07, 6.45) is 1.15. The van der Waals surface area contributed by atoms with Gasteiger partial charge in [-0.25, -0.2) is 4.79 Å². The summed E-state index contributed by atoms with van der Waals surface area (Å²) in [4.78, 5) is 11.9. The van der Waals surface area contributed by atoms with Gasteiger partial charge in [0.1, 0.15) is 0 Å². The van der Waals surface area contributed by atoms with Crippen molar-refractivity contribution in [3.8, 4) is 0 Å². The van der Waals surface area contributed by atoms with Crippen LogP contribution in [0.2, 0.25) is 0 Å². The maximum Gasteiger partial charge on any atom is 0.336 e. The number of thioether (sulfide) groups is 1. The van der Waals surface area contributed by atoms with E-state index in [2.05, 4.69) is 15.9 Å². The van der Waals surface area contributed by atoms with Gasteiger partial charge in [-0.2, -0.15) is 0 Å². The summed E-state index contributed by atoms with van der Waals surface area (Å²) in [6, 6.07) is 5.25. The molecule has 1 fully saturated rings. The Morgan fingerprint density at radius 2 is 2.35 bits per heavy atom. The van der Waals surface area contributed by atoms with Crippen LogP contribution in [0.4, 0.5) is 0 Å². The highest BCUT2D eigenvalue weighted by atomic mass is 79.9. The van der Waals surface area contributed by atoms with Gasteiger partial charge in [0.25, 0.3) is 0 Å². The predicted octanol–water partition coefficient (Wildman–Crippen LogP) is 3.42. The van der Waals surface area contributed by atoms with Gasteiger partial charge in [0.2, 0.25) is 0 Å². The molecule has 2 atom stereocenters. The lowest BCUT2D eigenvalue weighted by Crippen LogP contribution is -2.14. The molecule has 0 radical (unpaired) electrons. The summed E-state index contributed by atoms with van der Waals surface area (Å²) in [7, 11) is 0. The average Bonchev–Trinajstić information content (AvgIpc) is 2.64. The number of hydrogen-bond donors (Lipinski definition) is 1. The van der Waals surface area contributed by atoms with E-state index in [0.717, 1.165) is 22.4 Å². The van der Waals surface area contributed by atoms with Crippen molar-refractivity contribution in [1.29, 1.82) is 0 Å². The summed E-state index contributed by atoms with van der Waals surface area (Å²) < 4.78 is 6.39. The third-order valence-corrected chi connectivity index (χ3v) is 4.77. The molecular weight excluding hydrogens is 304 g/mol. The van der Waals surface area contributed by atoms with E-state index in [4.69, 9.17) is 9.84 Å². The second-order valence-corrected chi connectivity index (χ2v) is 6.16. The summed E-state index contributed by atoms with van der Waals surface area (Å²) in [5.74, 6) is -0.883. The van der Waals surface area contributed by atoms with Gasteiger partial charge in [-0.1, -0.05) is 15.9 Å². The zero-order chi connectivity index (χ0) is 12.4. The van der Waals surface area contributed by atoms with Gasteiger partial charge in [-0.3, -0.25) is 0 Å². The standard InChI is InChI=1S/C12H13BrO3S/c1-7-10(4-5-16-7)17-11-6-8(13)2-3-9(11)12(14)15/h2-3,6-7,10H,4-5H2,1H3,(H,14,15). The third-order valence-electron chi connectivity index (χ3n) is 2.76. The van der Waals surface area contributed by atoms with Crippen molar-refractivity contribution >= 4 is 33.7 Å². The molecular formula is C12H13BrO3S. The highest BCUT2D eigenvalue weighted by molar-refractivity contribution is 9.10. The Kier molecular flexibility index (Phi) is 4.12. The van der Waals surface area contributed by atoms with Gasteiger partial charge in [-0.05, 0) is 31.5 Å². The Balaban J connectivity index is 2.24. The van der Waals surface area contributed by atoms with Crippen LogP contribution in [-0.4, -0.2) is 29.0 Å². The molecule has 1 aliphatic rings. The van der Waals surface area contributed by atoms with E-state index in [1.165, 1.54) is 0 Å². The average molecular weight is 317 g/mol. The molecule has 1 heterocycles. The zero-order valence-corrected chi connectivity index (χ0v) is 11.8. The molecule has 92 valence electrons. The Bertz CT molecular complexity index is 436. The van der Waals surface area contributed by atoms with Crippen LogP contribution in [-0.2, 0) is 4.74 Å². The first-order chi connectivity index (χ1) is 8.08. The van der Waals surface area contributed by atoms with Crippen LogP contribution in [0.15, 0.2) is 27.6 Å². The van der Waals surface area contributed by atoms with E-state index >= 15 is 0 Å². The highest BCUT2D eigenvalue weighted by Crippen LogP contribution is 2.35. The van der Waals surface area contributed by atoms with Gasteiger partial charge in [0.15, 0.2) is 0 Å². The molecule has 2 rings (SSSR count). The minimum absolute atomic E-state index is 0.181. The van der Waals surface area contributed by atoms with Crippen molar-refractivity contribution in [2.45, 2.75) is 29.6 Å². The van der Waals surface area contributed by atoms with Crippen LogP contribution in [0.3, 0.4) is 0 Å². The first-order valence-corrected chi connectivity index (χ1v) is 7.06. The fourth-order valence-corrected chi connectivity index (χ4v) is 3.60. The van der Waals surface area contributed by atoms with E-state index in [1.807, 2.05) is 13.0 Å². The maximum absolute atomic E-state index is 11.1. The molecule has 0 saturated carbocycles. The minimum atomic E-state index is -0.883. The fourth-order valence-electron chi connectivity index (χ4n) is 1.80. The predicted molar refractivity (Wildman–Crippen MR) is 70.8 cm³/mol. The molecule has 0 aliphatic carbocycles. The lowest BCUT2D eigenvalue weighted by molar-refractivity contribution is 0.0693. The molecule has 2 unspecified atom stereocenters. The Hall–Kier alpha value is -0.520. The van der Waals surface area contributed by atoms with Gasteiger partial charge in [0, 0.05) is 21.2 Å². The largest absolute Gasteiger partial charge is 0.478 e. The number of carboxylic acids is 1. The third kappa shape index (κ3) is 3.03. The number of aromatic carboxylic acids is 1. The Labute approximate surface area is 113 Å². The molecule has 3 nitrogen and oxygen atoms in total. The molecule has 0 spiro atoms. The Morgan fingerprint density at radius 3 is 2.94 bits per heavy atom. The van der Waals surface area contributed by atoms with Crippen LogP contribution < -0.4 is 0 Å². The zero-order valence-electron chi connectivity index (χ0n) is 9.35. The fraction of sp³-hybridized carbons (Fsp3) is 0.417. The lowest BCUT2D eigenvalue weighted by atomic mass is 10.2. The van der Waals surface area contributed by atoms with Gasteiger partial charge < -0.3 is 9.84 Å². The molecule has 1 aliphatic heterocycles. The van der Waals surface area contributed by atoms with E-state index < -0.39 is 5.97 Å². The lowest BCUT2D eigenvalue weighted by Gasteiger charge is -2.15. The minimum Gasteiger partial charge on any atom is -0.478 e. The molecule has 5 heteroatoms. The SMILES string of the molecule is CC1OCCC1Sc1cc(Br)ccc1C(=O)O. The van der Waals surface area contributed by atoms with Crippen LogP contribution >= 0.6 is 27.7 Å². The number of hydrogen-bond acceptors (Lipinski definition) is 3. The summed E-state index contributed by atoms with van der Waals surface area (Å²) in [6.45, 7) is 2.79. The number of halogens is 1. The normalized spacial score (nSPS) is 23.9. The number of carbonyl (C=O) groups is 1. The van der Waals surface area contributed by atoms with Crippen LogP contribution in [0.1, 0.15) is 23.7 Å². The quantitative estimate of drug-likeness (QED) is 0.928. The molecule has 1 saturated heterocycles. The maximum atomic E-state index is 11.1. The molecule has 1 N–H and O–H groups in total. The van der Waals surface area contributed by atoms with Crippen molar-refractivity contribution in [2.75, 3.05) is 6.61 Å². The van der Waals surface area contributed by atoms with Gasteiger partial charge in [0.05, 0.1) is 11.7 Å². The molecule has 17 heavy (non-hydrogen) atoms. The van der Waals surface area contributed by atoms with Crippen molar-refractivity contribution in [3.63, 3.8) is 0 Å². The molecule has 0 amide bonds. The number of carboxylic acid groups (broad SMARTS) is 1. The first-order valence-electron chi connectivity index (χ1n) is 5.39. The van der Waals surface area contributed by atoms with Crippen LogP contribution in [0.5, 0.6) is 0 Å². The first kappa shape index (κ1) is 12.9. The topological polar surface area (TPSA) is 46.5 Å².